The van der Waals surface area contributed by atoms with Crippen molar-refractivity contribution in [2.24, 2.45) is 5.73 Å². The summed E-state index contributed by atoms with van der Waals surface area (Å²) in [6, 6.07) is 0. The minimum absolute atomic E-state index is 0.417. The minimum atomic E-state index is -1.50. The van der Waals surface area contributed by atoms with Crippen LogP contribution in [0.4, 0.5) is 0 Å². The molecule has 0 saturated carbocycles. The highest BCUT2D eigenvalue weighted by Crippen LogP contribution is 2.23. The zero-order valence-corrected chi connectivity index (χ0v) is 6.54. The summed E-state index contributed by atoms with van der Waals surface area (Å²) in [6.07, 6.45) is 1.17. The van der Waals surface area contributed by atoms with Crippen molar-refractivity contribution in [1.82, 2.24) is 0 Å². The lowest BCUT2D eigenvalue weighted by Crippen LogP contribution is -2.50. The first kappa shape index (κ1) is 8.49. The molecular formula is C7H13NO3. The van der Waals surface area contributed by atoms with Crippen LogP contribution in [-0.2, 0) is 9.53 Å². The first-order chi connectivity index (χ1) is 5.05. The van der Waals surface area contributed by atoms with E-state index < -0.39 is 17.6 Å². The molecule has 1 amide bonds. The summed E-state index contributed by atoms with van der Waals surface area (Å²) in [5.74, 6) is -0.718. The monoisotopic (exact) mass is 159 g/mol. The molecule has 0 aromatic carbocycles. The van der Waals surface area contributed by atoms with E-state index in [-0.39, 0.29) is 0 Å². The van der Waals surface area contributed by atoms with E-state index in [1.54, 1.807) is 0 Å². The van der Waals surface area contributed by atoms with E-state index in [1.807, 2.05) is 0 Å². The van der Waals surface area contributed by atoms with Crippen LogP contribution in [0.1, 0.15) is 19.8 Å². The van der Waals surface area contributed by atoms with Gasteiger partial charge in [-0.2, -0.15) is 0 Å². The van der Waals surface area contributed by atoms with Gasteiger partial charge in [-0.25, -0.2) is 0 Å². The number of amides is 1. The number of aliphatic hydroxyl groups is 1. The second-order valence-electron chi connectivity index (χ2n) is 3.01. The normalized spacial score (nSPS) is 29.8. The number of primary amides is 1. The van der Waals surface area contributed by atoms with E-state index in [0.29, 0.717) is 13.0 Å². The Balaban J connectivity index is 2.62. The van der Waals surface area contributed by atoms with E-state index in [2.05, 4.69) is 0 Å². The summed E-state index contributed by atoms with van der Waals surface area (Å²) in [5, 5.41) is 9.49. The van der Waals surface area contributed by atoms with Gasteiger partial charge in [0.25, 0.3) is 5.91 Å². The van der Waals surface area contributed by atoms with Gasteiger partial charge < -0.3 is 15.6 Å². The molecule has 64 valence electrons. The van der Waals surface area contributed by atoms with Gasteiger partial charge in [0.2, 0.25) is 0 Å². The Morgan fingerprint density at radius 3 is 2.82 bits per heavy atom. The van der Waals surface area contributed by atoms with Gasteiger partial charge in [0.15, 0.2) is 5.60 Å². The second kappa shape index (κ2) is 2.79. The first-order valence-corrected chi connectivity index (χ1v) is 3.69. The Labute approximate surface area is 65.3 Å². The molecule has 2 unspecified atom stereocenters. The molecule has 4 nitrogen and oxygen atoms in total. The van der Waals surface area contributed by atoms with Crippen LogP contribution in [0.15, 0.2) is 0 Å². The predicted molar refractivity (Wildman–Crippen MR) is 38.8 cm³/mol. The summed E-state index contributed by atoms with van der Waals surface area (Å²) in [5.41, 5.74) is 3.48. The molecule has 0 radical (unpaired) electrons. The van der Waals surface area contributed by atoms with Crippen molar-refractivity contribution in [1.29, 1.82) is 0 Å². The molecule has 0 aromatic heterocycles. The largest absolute Gasteiger partial charge is 0.378 e. The average molecular weight is 159 g/mol. The fourth-order valence-corrected chi connectivity index (χ4v) is 1.18. The van der Waals surface area contributed by atoms with Crippen LogP contribution in [-0.4, -0.2) is 29.3 Å². The van der Waals surface area contributed by atoms with Gasteiger partial charge in [0, 0.05) is 6.61 Å². The fourth-order valence-electron chi connectivity index (χ4n) is 1.18. The van der Waals surface area contributed by atoms with Crippen molar-refractivity contribution in [2.75, 3.05) is 6.61 Å². The lowest BCUT2D eigenvalue weighted by Gasteiger charge is -2.25. The van der Waals surface area contributed by atoms with Crippen LogP contribution in [0.5, 0.6) is 0 Å². The Morgan fingerprint density at radius 1 is 1.82 bits per heavy atom. The molecule has 0 aliphatic carbocycles. The molecule has 3 N–H and O–H groups in total. The van der Waals surface area contributed by atoms with Crippen LogP contribution in [0, 0.1) is 0 Å². The standard InChI is InChI=1S/C7H13NO3/c1-7(10,6(8)9)5-3-2-4-11-5/h5,10H,2-4H2,1H3,(H2,8,9). The zero-order chi connectivity index (χ0) is 8.48. The lowest BCUT2D eigenvalue weighted by molar-refractivity contribution is -0.147. The molecular weight excluding hydrogens is 146 g/mol. The van der Waals surface area contributed by atoms with Gasteiger partial charge in [-0.05, 0) is 19.8 Å². The molecule has 4 heteroatoms. The number of hydrogen-bond acceptors (Lipinski definition) is 3. The molecule has 0 aromatic rings. The van der Waals surface area contributed by atoms with Gasteiger partial charge in [0.05, 0.1) is 6.10 Å². The Kier molecular flexibility index (Phi) is 2.15. The van der Waals surface area contributed by atoms with E-state index in [9.17, 15) is 9.90 Å². The third-order valence-electron chi connectivity index (χ3n) is 2.06. The van der Waals surface area contributed by atoms with Crippen LogP contribution < -0.4 is 5.73 Å². The van der Waals surface area contributed by atoms with Crippen LogP contribution in [0.25, 0.3) is 0 Å². The SMILES string of the molecule is CC(O)(C(N)=O)C1CCCO1. The van der Waals surface area contributed by atoms with Gasteiger partial charge in [-0.3, -0.25) is 4.79 Å². The summed E-state index contributed by atoms with van der Waals surface area (Å²) < 4.78 is 5.13. The topological polar surface area (TPSA) is 72.5 Å². The predicted octanol–water partition coefficient (Wildman–Crippen LogP) is -0.598. The summed E-state index contributed by atoms with van der Waals surface area (Å²) in [7, 11) is 0. The Morgan fingerprint density at radius 2 is 2.45 bits per heavy atom. The lowest BCUT2D eigenvalue weighted by atomic mass is 9.96. The van der Waals surface area contributed by atoms with Crippen molar-refractivity contribution in [3.05, 3.63) is 0 Å². The van der Waals surface area contributed by atoms with E-state index in [1.165, 1.54) is 6.92 Å². The highest BCUT2D eigenvalue weighted by atomic mass is 16.5. The van der Waals surface area contributed by atoms with Gasteiger partial charge in [-0.1, -0.05) is 0 Å². The maximum absolute atomic E-state index is 10.7. The third-order valence-corrected chi connectivity index (χ3v) is 2.06. The summed E-state index contributed by atoms with van der Waals surface area (Å²) in [4.78, 5) is 10.7. The maximum Gasteiger partial charge on any atom is 0.251 e. The summed E-state index contributed by atoms with van der Waals surface area (Å²) in [6.45, 7) is 2.00. The van der Waals surface area contributed by atoms with Gasteiger partial charge in [0.1, 0.15) is 0 Å². The van der Waals surface area contributed by atoms with Crippen molar-refractivity contribution < 1.29 is 14.6 Å². The van der Waals surface area contributed by atoms with Crippen LogP contribution in [0.2, 0.25) is 0 Å². The van der Waals surface area contributed by atoms with Crippen LogP contribution >= 0.6 is 0 Å². The van der Waals surface area contributed by atoms with E-state index >= 15 is 0 Å². The molecule has 0 bridgehead atoms. The van der Waals surface area contributed by atoms with Crippen molar-refractivity contribution in [3.8, 4) is 0 Å². The Bertz CT molecular complexity index is 161. The molecule has 11 heavy (non-hydrogen) atoms. The van der Waals surface area contributed by atoms with Gasteiger partial charge >= 0.3 is 0 Å². The van der Waals surface area contributed by atoms with Crippen molar-refractivity contribution >= 4 is 5.91 Å². The number of carbonyl (C=O) groups excluding carboxylic acids is 1. The van der Waals surface area contributed by atoms with Crippen molar-refractivity contribution in [2.45, 2.75) is 31.5 Å². The molecule has 1 heterocycles. The molecule has 0 spiro atoms. The number of ether oxygens (including phenoxy) is 1. The van der Waals surface area contributed by atoms with Crippen LogP contribution in [0.3, 0.4) is 0 Å². The minimum Gasteiger partial charge on any atom is -0.378 e. The molecule has 1 fully saturated rings. The highest BCUT2D eigenvalue weighted by molar-refractivity contribution is 5.83. The van der Waals surface area contributed by atoms with E-state index in [4.69, 9.17) is 10.5 Å². The molecule has 1 aliphatic heterocycles. The maximum atomic E-state index is 10.7. The molecule has 1 rings (SSSR count). The molecule has 1 saturated heterocycles. The summed E-state index contributed by atoms with van der Waals surface area (Å²) >= 11 is 0. The van der Waals surface area contributed by atoms with Crippen molar-refractivity contribution in [3.63, 3.8) is 0 Å². The molecule has 1 aliphatic rings. The average Bonchev–Trinajstić information content (AvgIpc) is 2.37. The van der Waals surface area contributed by atoms with Gasteiger partial charge in [-0.15, -0.1) is 0 Å². The Hall–Kier alpha value is -0.610. The number of nitrogens with two attached hydrogens (primary N) is 1. The first-order valence-electron chi connectivity index (χ1n) is 3.69. The smallest absolute Gasteiger partial charge is 0.251 e. The fraction of sp³-hybridized carbons (Fsp3) is 0.857. The highest BCUT2D eigenvalue weighted by Gasteiger charge is 2.40. The third kappa shape index (κ3) is 1.52. The zero-order valence-electron chi connectivity index (χ0n) is 6.54. The molecule has 2 atom stereocenters. The number of rotatable bonds is 2. The quantitative estimate of drug-likeness (QED) is 0.565. The number of carbonyl (C=O) groups is 1. The number of hydrogen-bond donors (Lipinski definition) is 2. The second-order valence-corrected chi connectivity index (χ2v) is 3.01. The van der Waals surface area contributed by atoms with E-state index in [0.717, 1.165) is 6.42 Å².